The fourth-order valence-corrected chi connectivity index (χ4v) is 4.70. The topological polar surface area (TPSA) is 94.3 Å². The third kappa shape index (κ3) is 4.42. The molecule has 3 aromatic rings. The summed E-state index contributed by atoms with van der Waals surface area (Å²) >= 11 is 2.78. The molecule has 2 heterocycles. The summed E-state index contributed by atoms with van der Waals surface area (Å²) in [5.74, 6) is 1.03. The second-order valence-corrected chi connectivity index (χ2v) is 8.78. The van der Waals surface area contributed by atoms with Crippen LogP contribution < -0.4 is 9.47 Å². The highest BCUT2D eigenvalue weighted by Gasteiger charge is 2.29. The molecule has 1 aromatic carbocycles. The van der Waals surface area contributed by atoms with E-state index in [1.165, 1.54) is 23.1 Å². The molecule has 164 valence electrons. The summed E-state index contributed by atoms with van der Waals surface area (Å²) < 4.78 is 16.4. The van der Waals surface area contributed by atoms with Gasteiger partial charge < -0.3 is 14.2 Å². The minimum absolute atomic E-state index is 0.00215. The normalized spacial score (nSPS) is 12.8. The van der Waals surface area contributed by atoms with Crippen molar-refractivity contribution in [1.82, 2.24) is 9.97 Å². The molecule has 0 spiro atoms. The number of hydrogen-bond acceptors (Lipinski definition) is 9. The van der Waals surface area contributed by atoms with Crippen LogP contribution in [-0.2, 0) is 11.3 Å². The van der Waals surface area contributed by atoms with E-state index in [9.17, 15) is 10.1 Å². The lowest BCUT2D eigenvalue weighted by Gasteiger charge is -2.11. The SMILES string of the molecule is COc1cccc(-c2nc(COC(=O)c3cc(C4CC4)nc(SC)c3C#N)cs2)c1OC. The first kappa shape index (κ1) is 22.1. The van der Waals surface area contributed by atoms with Crippen LogP contribution in [0.5, 0.6) is 11.5 Å². The highest BCUT2D eigenvalue weighted by atomic mass is 32.2. The van der Waals surface area contributed by atoms with Gasteiger partial charge in [0.05, 0.1) is 36.6 Å². The molecule has 32 heavy (non-hydrogen) atoms. The maximum Gasteiger partial charge on any atom is 0.340 e. The van der Waals surface area contributed by atoms with Crippen LogP contribution in [0.3, 0.4) is 0 Å². The van der Waals surface area contributed by atoms with Gasteiger partial charge in [0.1, 0.15) is 22.7 Å². The van der Waals surface area contributed by atoms with E-state index in [0.29, 0.717) is 28.1 Å². The fourth-order valence-electron chi connectivity index (χ4n) is 3.32. The van der Waals surface area contributed by atoms with Crippen molar-refractivity contribution in [2.45, 2.75) is 30.4 Å². The van der Waals surface area contributed by atoms with Crippen molar-refractivity contribution in [3.63, 3.8) is 0 Å². The van der Waals surface area contributed by atoms with Crippen molar-refractivity contribution in [3.8, 4) is 28.1 Å². The third-order valence-corrected chi connectivity index (χ3v) is 6.67. The van der Waals surface area contributed by atoms with Crippen molar-refractivity contribution in [1.29, 1.82) is 5.26 Å². The molecular formula is C23H21N3O4S2. The molecular weight excluding hydrogens is 446 g/mol. The van der Waals surface area contributed by atoms with Gasteiger partial charge in [0.25, 0.3) is 0 Å². The molecule has 0 aliphatic heterocycles. The Morgan fingerprint density at radius 3 is 2.75 bits per heavy atom. The zero-order chi connectivity index (χ0) is 22.7. The Labute approximate surface area is 194 Å². The fraction of sp³-hybridized carbons (Fsp3) is 0.304. The van der Waals surface area contributed by atoms with Gasteiger partial charge in [0.2, 0.25) is 0 Å². The number of benzene rings is 1. The average Bonchev–Trinajstić information content (AvgIpc) is 3.58. The van der Waals surface area contributed by atoms with E-state index >= 15 is 0 Å². The first-order valence-corrected chi connectivity index (χ1v) is 12.0. The van der Waals surface area contributed by atoms with Crippen LogP contribution >= 0.6 is 23.1 Å². The molecule has 0 atom stereocenters. The lowest BCUT2D eigenvalue weighted by atomic mass is 10.1. The molecule has 0 bridgehead atoms. The number of methoxy groups -OCH3 is 2. The number of ether oxygens (including phenoxy) is 3. The summed E-state index contributed by atoms with van der Waals surface area (Å²) in [6.07, 6.45) is 3.95. The summed E-state index contributed by atoms with van der Waals surface area (Å²) in [4.78, 5) is 22.0. The maximum absolute atomic E-state index is 12.9. The molecule has 0 radical (unpaired) electrons. The molecule has 9 heteroatoms. The molecule has 1 aliphatic rings. The second kappa shape index (κ2) is 9.59. The van der Waals surface area contributed by atoms with Gasteiger partial charge in [-0.3, -0.25) is 0 Å². The minimum Gasteiger partial charge on any atom is -0.493 e. The van der Waals surface area contributed by atoms with E-state index in [1.807, 2.05) is 29.8 Å². The average molecular weight is 468 g/mol. The van der Waals surface area contributed by atoms with Crippen LogP contribution in [0.1, 0.15) is 46.1 Å². The number of nitrogens with zero attached hydrogens (tertiary/aromatic N) is 3. The van der Waals surface area contributed by atoms with Crippen molar-refractivity contribution >= 4 is 29.1 Å². The predicted molar refractivity (Wildman–Crippen MR) is 122 cm³/mol. The van der Waals surface area contributed by atoms with Crippen LogP contribution in [0, 0.1) is 11.3 Å². The number of esters is 1. The van der Waals surface area contributed by atoms with Crippen LogP contribution in [0.2, 0.25) is 0 Å². The Bertz CT molecular complexity index is 1200. The molecule has 1 saturated carbocycles. The van der Waals surface area contributed by atoms with Gasteiger partial charge in [0.15, 0.2) is 11.5 Å². The minimum atomic E-state index is -0.547. The third-order valence-electron chi connectivity index (χ3n) is 5.06. The number of nitriles is 1. The van der Waals surface area contributed by atoms with Gasteiger partial charge in [-0.2, -0.15) is 5.26 Å². The highest BCUT2D eigenvalue weighted by Crippen LogP contribution is 2.41. The lowest BCUT2D eigenvalue weighted by molar-refractivity contribution is 0.0467. The summed E-state index contributed by atoms with van der Waals surface area (Å²) in [7, 11) is 3.16. The number of thioether (sulfide) groups is 1. The van der Waals surface area contributed by atoms with E-state index in [0.717, 1.165) is 29.1 Å². The standard InChI is InChI=1S/C23H21N3O4S2/c1-28-19-6-4-5-15(20(19)29-2)22-25-14(12-32-22)11-30-23(27)16-9-18(13-7-8-13)26-21(31-3)17(16)10-24/h4-6,9,12-13H,7-8,11H2,1-3H3. The molecule has 1 fully saturated rings. The van der Waals surface area contributed by atoms with Gasteiger partial charge in [-0.05, 0) is 37.3 Å². The Morgan fingerprint density at radius 2 is 2.09 bits per heavy atom. The molecule has 0 unspecified atom stereocenters. The number of carbonyl (C=O) groups excluding carboxylic acids is 1. The number of hydrogen-bond donors (Lipinski definition) is 0. The molecule has 1 aliphatic carbocycles. The highest BCUT2D eigenvalue weighted by molar-refractivity contribution is 7.98. The van der Waals surface area contributed by atoms with Crippen molar-refractivity contribution in [2.75, 3.05) is 20.5 Å². The molecule has 4 rings (SSSR count). The van der Waals surface area contributed by atoms with E-state index in [2.05, 4.69) is 16.0 Å². The first-order valence-electron chi connectivity index (χ1n) is 9.91. The number of rotatable bonds is 8. The van der Waals surface area contributed by atoms with E-state index in [4.69, 9.17) is 14.2 Å². The van der Waals surface area contributed by atoms with Crippen LogP contribution in [-0.4, -0.2) is 36.4 Å². The molecule has 7 nitrogen and oxygen atoms in total. The van der Waals surface area contributed by atoms with E-state index in [1.54, 1.807) is 20.3 Å². The van der Waals surface area contributed by atoms with Gasteiger partial charge in [0, 0.05) is 17.0 Å². The molecule has 2 aromatic heterocycles. The summed E-state index contributed by atoms with van der Waals surface area (Å²) in [6.45, 7) is 0.00215. The summed E-state index contributed by atoms with van der Waals surface area (Å²) in [6, 6.07) is 9.39. The number of aromatic nitrogens is 2. The second-order valence-electron chi connectivity index (χ2n) is 7.13. The number of carbonyl (C=O) groups is 1. The number of thiazole rings is 1. The molecule has 0 amide bonds. The summed E-state index contributed by atoms with van der Waals surface area (Å²) in [5.41, 5.74) is 2.78. The predicted octanol–water partition coefficient (Wildman–Crippen LogP) is 5.05. The Morgan fingerprint density at radius 1 is 1.28 bits per heavy atom. The first-order chi connectivity index (χ1) is 15.6. The zero-order valence-electron chi connectivity index (χ0n) is 17.9. The monoisotopic (exact) mass is 467 g/mol. The molecule has 0 saturated heterocycles. The van der Waals surface area contributed by atoms with E-state index in [-0.39, 0.29) is 17.7 Å². The van der Waals surface area contributed by atoms with Crippen LogP contribution in [0.15, 0.2) is 34.7 Å². The van der Waals surface area contributed by atoms with Gasteiger partial charge in [-0.25, -0.2) is 14.8 Å². The number of pyridine rings is 1. The Kier molecular flexibility index (Phi) is 6.63. The Balaban J connectivity index is 1.54. The van der Waals surface area contributed by atoms with Gasteiger partial charge >= 0.3 is 5.97 Å². The van der Waals surface area contributed by atoms with Gasteiger partial charge in [-0.1, -0.05) is 6.07 Å². The lowest BCUT2D eigenvalue weighted by Crippen LogP contribution is -2.10. The van der Waals surface area contributed by atoms with Gasteiger partial charge in [-0.15, -0.1) is 23.1 Å². The smallest absolute Gasteiger partial charge is 0.340 e. The summed E-state index contributed by atoms with van der Waals surface area (Å²) in [5, 5.41) is 12.7. The number of para-hydroxylation sites is 1. The zero-order valence-corrected chi connectivity index (χ0v) is 19.5. The largest absolute Gasteiger partial charge is 0.493 e. The maximum atomic E-state index is 12.9. The van der Waals surface area contributed by atoms with Crippen molar-refractivity contribution < 1.29 is 19.0 Å². The van der Waals surface area contributed by atoms with Crippen molar-refractivity contribution in [3.05, 3.63) is 52.2 Å². The quantitative estimate of drug-likeness (QED) is 0.336. The Hall–Kier alpha value is -3.09. The molecule has 0 N–H and O–H groups in total. The van der Waals surface area contributed by atoms with Crippen molar-refractivity contribution in [2.24, 2.45) is 0 Å². The van der Waals surface area contributed by atoms with E-state index < -0.39 is 5.97 Å². The van der Waals surface area contributed by atoms with Crippen LogP contribution in [0.25, 0.3) is 10.6 Å². The van der Waals surface area contributed by atoms with Crippen LogP contribution in [0.4, 0.5) is 0 Å².